The van der Waals surface area contributed by atoms with Crippen LogP contribution in [0.1, 0.15) is 65.5 Å². The predicted molar refractivity (Wildman–Crippen MR) is 282 cm³/mol. The highest BCUT2D eigenvalue weighted by Gasteiger charge is 2.50. The maximum Gasteiger partial charge on any atom is 0.305 e. The van der Waals surface area contributed by atoms with Gasteiger partial charge in [-0.25, -0.2) is 0 Å². The minimum atomic E-state index is -0.742. The fourth-order valence-electron chi connectivity index (χ4n) is 9.75. The predicted octanol–water partition coefficient (Wildman–Crippen LogP) is 10.6. The molecule has 0 amide bonds. The Labute approximate surface area is 440 Å². The van der Waals surface area contributed by atoms with Gasteiger partial charge in [0, 0.05) is 12.8 Å². The van der Waals surface area contributed by atoms with Crippen LogP contribution in [-0.4, -0.2) is 86.2 Å². The molecule has 392 valence electrons. The zero-order valence-electron chi connectivity index (χ0n) is 42.3. The Hall–Kier alpha value is -6.32. The summed E-state index contributed by atoms with van der Waals surface area (Å²) in [5.74, 6) is -0.945. The molecule has 0 aliphatic carbocycles. The number of ether oxygens (including phenoxy) is 10. The van der Waals surface area contributed by atoms with Crippen molar-refractivity contribution in [3.63, 3.8) is 0 Å². The van der Waals surface area contributed by atoms with E-state index in [4.69, 9.17) is 47.4 Å². The van der Waals surface area contributed by atoms with Gasteiger partial charge in [0.25, 0.3) is 0 Å². The van der Waals surface area contributed by atoms with Crippen molar-refractivity contribution in [1.82, 2.24) is 0 Å². The summed E-state index contributed by atoms with van der Waals surface area (Å²) in [4.78, 5) is 27.1. The van der Waals surface area contributed by atoms with Crippen LogP contribution in [0.2, 0.25) is 0 Å². The van der Waals surface area contributed by atoms with Gasteiger partial charge in [-0.3, -0.25) is 9.59 Å². The van der Waals surface area contributed by atoms with Crippen molar-refractivity contribution in [2.45, 2.75) is 133 Å². The number of esters is 2. The third kappa shape index (κ3) is 16.1. The number of carbonyl (C=O) groups is 2. The number of hydrogen-bond donors (Lipinski definition) is 0. The lowest BCUT2D eigenvalue weighted by molar-refractivity contribution is -0.270. The van der Waals surface area contributed by atoms with Gasteiger partial charge in [0.2, 0.25) is 0 Å². The number of carbonyl (C=O) groups excluding carboxylic acids is 2. The van der Waals surface area contributed by atoms with Crippen molar-refractivity contribution in [2.24, 2.45) is 0 Å². The van der Waals surface area contributed by atoms with Crippen LogP contribution in [0.3, 0.4) is 0 Å². The summed E-state index contributed by atoms with van der Waals surface area (Å²) < 4.78 is 67.4. The molecular formula is C63H68O12. The number of fused-ring (bicyclic) bond motifs is 4. The smallest absolute Gasteiger partial charge is 0.305 e. The SMILES string of the molecule is O=C1CCCC(=O)OC[C@H]2O[C@H](C/C=C\C[C@H]3O[C@H](CO1)[C@@H](OCc1ccccc1)[C@H](OCc1ccccc1)[C@H]3OCc1ccccc1)[C@H](OCc1ccccc1)[C@@H](OCc1ccccc1)[C@@H]2OCc1ccccc1. The van der Waals surface area contributed by atoms with Gasteiger partial charge in [0.15, 0.2) is 0 Å². The molecule has 3 heterocycles. The molecule has 6 aromatic rings. The zero-order chi connectivity index (χ0) is 51.3. The molecule has 0 aromatic heterocycles. The first-order valence-electron chi connectivity index (χ1n) is 26.2. The highest BCUT2D eigenvalue weighted by Crippen LogP contribution is 2.35. The fourth-order valence-corrected chi connectivity index (χ4v) is 9.75. The van der Waals surface area contributed by atoms with Crippen molar-refractivity contribution >= 4 is 11.9 Å². The second-order valence-corrected chi connectivity index (χ2v) is 19.2. The van der Waals surface area contributed by atoms with E-state index in [0.717, 1.165) is 33.4 Å². The van der Waals surface area contributed by atoms with Crippen molar-refractivity contribution < 1.29 is 57.0 Å². The molecule has 3 aliphatic rings. The average Bonchev–Trinajstić information content (AvgIpc) is 3.46. The normalized spacial score (nSPS) is 26.1. The van der Waals surface area contributed by atoms with Crippen LogP contribution in [0.15, 0.2) is 194 Å². The van der Waals surface area contributed by atoms with E-state index in [1.165, 1.54) is 0 Å². The number of benzene rings is 6. The quantitative estimate of drug-likeness (QED) is 0.0601. The van der Waals surface area contributed by atoms with Crippen molar-refractivity contribution in [1.29, 1.82) is 0 Å². The molecule has 2 fully saturated rings. The standard InChI is InChI=1S/C63H68O12/c64-56-36-21-37-57(65)67-45-55-61(71-41-49-28-13-4-14-29-49)63(73-43-51-32-17-6-18-33-51)59(69-39-47-24-9-2-10-25-47)53(75-55)35-20-19-34-52-58(68-38-46-22-7-1-8-23-46)62(72-42-50-30-15-5-16-31-50)60(54(74-52)44-66-56)70-40-48-26-11-3-12-27-48/h1-20,22-33,52-55,58-63H,21,34-45H2/b20-19-/t52-,53-,54-,55-,58+,59+,60-,61-,62-,63-/m1/s1. The average molecular weight is 1020 g/mol. The maximum atomic E-state index is 13.5. The molecule has 12 heteroatoms. The fraction of sp³-hybridized carbons (Fsp3) is 0.365. The van der Waals surface area contributed by atoms with Gasteiger partial charge >= 0.3 is 11.9 Å². The molecular weight excluding hydrogens is 949 g/mol. The van der Waals surface area contributed by atoms with Crippen molar-refractivity contribution in [3.8, 4) is 0 Å². The van der Waals surface area contributed by atoms with Crippen LogP contribution < -0.4 is 0 Å². The largest absolute Gasteiger partial charge is 0.463 e. The minimum Gasteiger partial charge on any atom is -0.463 e. The van der Waals surface area contributed by atoms with E-state index in [-0.39, 0.29) is 58.9 Å². The lowest BCUT2D eigenvalue weighted by Gasteiger charge is -2.46. The van der Waals surface area contributed by atoms with E-state index >= 15 is 0 Å². The third-order valence-corrected chi connectivity index (χ3v) is 13.7. The van der Waals surface area contributed by atoms with Gasteiger partial charge in [-0.05, 0) is 52.6 Å². The summed E-state index contributed by atoms with van der Waals surface area (Å²) in [5.41, 5.74) is 5.88. The molecule has 9 rings (SSSR count). The Morgan fingerprint density at radius 3 is 0.827 bits per heavy atom. The minimum absolute atomic E-state index is 0.0130. The van der Waals surface area contributed by atoms with Gasteiger partial charge in [-0.1, -0.05) is 194 Å². The second kappa shape index (κ2) is 28.5. The monoisotopic (exact) mass is 1020 g/mol. The molecule has 0 spiro atoms. The molecule has 3 aliphatic heterocycles. The first kappa shape index (κ1) is 53.5. The van der Waals surface area contributed by atoms with E-state index in [9.17, 15) is 9.59 Å². The van der Waals surface area contributed by atoms with Gasteiger partial charge in [0.1, 0.15) is 62.0 Å². The summed E-state index contributed by atoms with van der Waals surface area (Å²) in [5, 5.41) is 0. The van der Waals surface area contributed by atoms with Crippen LogP contribution in [0, 0.1) is 0 Å². The van der Waals surface area contributed by atoms with E-state index in [1.807, 2.05) is 182 Å². The summed E-state index contributed by atoms with van der Waals surface area (Å²) in [6.07, 6.45) is -1.49. The third-order valence-electron chi connectivity index (χ3n) is 13.7. The molecule has 75 heavy (non-hydrogen) atoms. The molecule has 0 radical (unpaired) electrons. The topological polar surface area (TPSA) is 126 Å². The Bertz CT molecular complexity index is 2430. The van der Waals surface area contributed by atoms with E-state index in [1.54, 1.807) is 0 Å². The Kier molecular flexibility index (Phi) is 20.4. The van der Waals surface area contributed by atoms with Crippen LogP contribution in [-0.2, 0) is 96.6 Å². The molecule has 0 unspecified atom stereocenters. The molecule has 2 saturated heterocycles. The van der Waals surface area contributed by atoms with Crippen LogP contribution in [0.25, 0.3) is 0 Å². The lowest BCUT2D eigenvalue weighted by Crippen LogP contribution is -2.61. The van der Waals surface area contributed by atoms with Crippen molar-refractivity contribution in [3.05, 3.63) is 228 Å². The van der Waals surface area contributed by atoms with Gasteiger partial charge in [-0.15, -0.1) is 0 Å². The number of cyclic esters (lactones) is 2. The Morgan fingerprint density at radius 2 is 0.560 bits per heavy atom. The van der Waals surface area contributed by atoms with Gasteiger partial charge < -0.3 is 47.4 Å². The molecule has 10 atom stereocenters. The van der Waals surface area contributed by atoms with E-state index in [0.29, 0.717) is 26.1 Å². The van der Waals surface area contributed by atoms with E-state index < -0.39 is 73.0 Å². The highest BCUT2D eigenvalue weighted by molar-refractivity contribution is 5.72. The summed E-state index contributed by atoms with van der Waals surface area (Å²) in [6, 6.07) is 59.8. The molecule has 0 N–H and O–H groups in total. The first-order valence-corrected chi connectivity index (χ1v) is 26.2. The highest BCUT2D eigenvalue weighted by atomic mass is 16.6. The first-order chi connectivity index (χ1) is 37.0. The summed E-state index contributed by atoms with van der Waals surface area (Å²) in [7, 11) is 0. The second-order valence-electron chi connectivity index (χ2n) is 19.2. The lowest BCUT2D eigenvalue weighted by atomic mass is 9.91. The zero-order valence-corrected chi connectivity index (χ0v) is 42.3. The molecule has 6 aromatic carbocycles. The Morgan fingerprint density at radius 1 is 0.320 bits per heavy atom. The summed E-state index contributed by atoms with van der Waals surface area (Å²) in [6.45, 7) is 1.45. The van der Waals surface area contributed by atoms with Crippen LogP contribution in [0.5, 0.6) is 0 Å². The van der Waals surface area contributed by atoms with Gasteiger partial charge in [-0.2, -0.15) is 0 Å². The van der Waals surface area contributed by atoms with Crippen molar-refractivity contribution in [2.75, 3.05) is 13.2 Å². The molecule has 12 nitrogen and oxygen atoms in total. The van der Waals surface area contributed by atoms with E-state index in [2.05, 4.69) is 12.2 Å². The van der Waals surface area contributed by atoms with Crippen LogP contribution in [0.4, 0.5) is 0 Å². The molecule has 0 saturated carbocycles. The molecule has 4 bridgehead atoms. The number of hydrogen-bond acceptors (Lipinski definition) is 12. The Balaban J connectivity index is 1.05. The maximum absolute atomic E-state index is 13.5. The van der Waals surface area contributed by atoms with Crippen LogP contribution >= 0.6 is 0 Å². The van der Waals surface area contributed by atoms with Gasteiger partial charge in [0.05, 0.1) is 51.8 Å². The summed E-state index contributed by atoms with van der Waals surface area (Å²) >= 11 is 0. The number of rotatable bonds is 18.